The van der Waals surface area contributed by atoms with Gasteiger partial charge in [0.1, 0.15) is 23.7 Å². The Morgan fingerprint density at radius 2 is 1.67 bits per heavy atom. The maximum atomic E-state index is 13.9. The molecule has 0 amide bonds. The van der Waals surface area contributed by atoms with Gasteiger partial charge in [0.15, 0.2) is 12.1 Å². The fraction of sp³-hybridized carbons (Fsp3) is 0.903. The molecule has 244 valence electrons. The zero-order valence-electron chi connectivity index (χ0n) is 27.7. The summed E-state index contributed by atoms with van der Waals surface area (Å²) in [6.45, 7) is 13.8. The molecule has 2 aliphatic heterocycles. The summed E-state index contributed by atoms with van der Waals surface area (Å²) >= 11 is 0. The minimum absolute atomic E-state index is 0.211. The summed E-state index contributed by atoms with van der Waals surface area (Å²) in [5.74, 6) is -4.18. The number of ether oxygens (including phenoxy) is 4. The smallest absolute Gasteiger partial charge is 0.316 e. The highest BCUT2D eigenvalue weighted by molar-refractivity contribution is 6.00. The predicted molar refractivity (Wildman–Crippen MR) is 159 cm³/mol. The lowest BCUT2D eigenvalue weighted by Gasteiger charge is -2.47. The van der Waals surface area contributed by atoms with Gasteiger partial charge in [-0.3, -0.25) is 14.6 Å². The fourth-order valence-corrected chi connectivity index (χ4v) is 6.87. The Morgan fingerprint density at radius 3 is 2.17 bits per heavy atom. The number of carbonyl (C=O) groups excluding carboxylic acids is 2. The van der Waals surface area contributed by atoms with Crippen LogP contribution in [0.5, 0.6) is 0 Å². The summed E-state index contributed by atoms with van der Waals surface area (Å²) in [6.07, 6.45) is -4.42. The normalized spacial score (nSPS) is 46.0. The van der Waals surface area contributed by atoms with Crippen molar-refractivity contribution in [2.45, 2.75) is 129 Å². The summed E-state index contributed by atoms with van der Waals surface area (Å²) in [6, 6.07) is -0.232. The van der Waals surface area contributed by atoms with Gasteiger partial charge in [0, 0.05) is 37.7 Å². The predicted octanol–water partition coefficient (Wildman–Crippen LogP) is 2.22. The van der Waals surface area contributed by atoms with Crippen molar-refractivity contribution in [1.82, 2.24) is 4.90 Å². The van der Waals surface area contributed by atoms with Crippen LogP contribution in [0, 0.1) is 23.7 Å². The highest BCUT2D eigenvalue weighted by atomic mass is 16.7. The molecule has 0 spiro atoms. The van der Waals surface area contributed by atoms with Crippen LogP contribution in [0.25, 0.3) is 0 Å². The minimum Gasteiger partial charge on any atom is -0.459 e. The number of aliphatic hydroxyl groups is 3. The van der Waals surface area contributed by atoms with E-state index in [9.17, 15) is 24.9 Å². The molecule has 0 saturated carbocycles. The summed E-state index contributed by atoms with van der Waals surface area (Å²) in [4.78, 5) is 33.6. The van der Waals surface area contributed by atoms with Gasteiger partial charge in [-0.1, -0.05) is 27.7 Å². The highest BCUT2D eigenvalue weighted by Crippen LogP contribution is 2.38. The molecule has 0 aliphatic carbocycles. The van der Waals surface area contributed by atoms with Crippen molar-refractivity contribution >= 4 is 17.5 Å². The first kappa shape index (κ1) is 36.7. The number of methoxy groups -OCH3 is 1. The van der Waals surface area contributed by atoms with Crippen LogP contribution in [-0.4, -0.2) is 120 Å². The Labute approximate surface area is 251 Å². The first-order valence-corrected chi connectivity index (χ1v) is 15.2. The number of aliphatic hydroxyl groups excluding tert-OH is 2. The van der Waals surface area contributed by atoms with E-state index in [0.29, 0.717) is 18.6 Å². The molecule has 0 radical (unpaired) electrons. The van der Waals surface area contributed by atoms with Crippen molar-refractivity contribution in [3.8, 4) is 0 Å². The molecule has 11 heteroatoms. The molecule has 2 heterocycles. The van der Waals surface area contributed by atoms with E-state index in [1.165, 1.54) is 21.0 Å². The van der Waals surface area contributed by atoms with E-state index < -0.39 is 71.4 Å². The average Bonchev–Trinajstić information content (AvgIpc) is 2.93. The molecule has 3 N–H and O–H groups in total. The van der Waals surface area contributed by atoms with E-state index in [0.717, 1.165) is 0 Å². The minimum atomic E-state index is -1.80. The van der Waals surface area contributed by atoms with Crippen molar-refractivity contribution in [2.24, 2.45) is 28.7 Å². The van der Waals surface area contributed by atoms with E-state index in [2.05, 4.69) is 4.99 Å². The highest BCUT2D eigenvalue weighted by Gasteiger charge is 2.51. The molecule has 0 aromatic rings. The zero-order chi connectivity index (χ0) is 32.3. The molecule has 0 unspecified atom stereocenters. The summed E-state index contributed by atoms with van der Waals surface area (Å²) in [5.41, 5.74) is -2.29. The van der Waals surface area contributed by atoms with Gasteiger partial charge in [-0.05, 0) is 67.0 Å². The molecular weight excluding hydrogens is 544 g/mol. The summed E-state index contributed by atoms with van der Waals surface area (Å²) in [5, 5.41) is 34.1. The second kappa shape index (κ2) is 14.5. The second-order valence-corrected chi connectivity index (χ2v) is 13.1. The van der Waals surface area contributed by atoms with Gasteiger partial charge in [0.05, 0.1) is 23.9 Å². The number of likely N-dealkylation sites (N-methyl/N-ethyl adjacent to an activating group) is 1. The third-order valence-electron chi connectivity index (χ3n) is 9.60. The van der Waals surface area contributed by atoms with Crippen LogP contribution in [0.1, 0.15) is 74.7 Å². The fourth-order valence-electron chi connectivity index (χ4n) is 6.87. The van der Waals surface area contributed by atoms with Crippen molar-refractivity contribution in [1.29, 1.82) is 0 Å². The van der Waals surface area contributed by atoms with Gasteiger partial charge >= 0.3 is 5.97 Å². The maximum absolute atomic E-state index is 13.9. The number of aliphatic imine (C=N–C) groups is 1. The zero-order valence-corrected chi connectivity index (χ0v) is 27.7. The first-order chi connectivity index (χ1) is 19.4. The number of esters is 1. The number of carbonyl (C=O) groups is 2. The average molecular weight is 601 g/mol. The topological polar surface area (TPSA) is 147 Å². The summed E-state index contributed by atoms with van der Waals surface area (Å²) < 4.78 is 24.4. The van der Waals surface area contributed by atoms with Crippen LogP contribution >= 0.6 is 0 Å². The molecule has 2 aliphatic rings. The van der Waals surface area contributed by atoms with Crippen molar-refractivity contribution in [3.63, 3.8) is 0 Å². The molecule has 0 bridgehead atoms. The number of cyclic esters (lactones) is 1. The lowest BCUT2D eigenvalue weighted by atomic mass is 9.74. The van der Waals surface area contributed by atoms with E-state index >= 15 is 0 Å². The molecule has 0 aromatic carbocycles. The van der Waals surface area contributed by atoms with Gasteiger partial charge in [0.2, 0.25) is 0 Å². The Morgan fingerprint density at radius 1 is 1.07 bits per heavy atom. The van der Waals surface area contributed by atoms with Gasteiger partial charge in [-0.25, -0.2) is 0 Å². The number of hydrogen-bond donors (Lipinski definition) is 3. The Bertz CT molecular complexity index is 957. The number of hydrogen-bond acceptors (Lipinski definition) is 11. The Hall–Kier alpha value is -1.47. The molecular formula is C31H56N2O9. The van der Waals surface area contributed by atoms with Crippen LogP contribution in [0.15, 0.2) is 4.99 Å². The lowest BCUT2D eigenvalue weighted by Crippen LogP contribution is -2.60. The van der Waals surface area contributed by atoms with Crippen LogP contribution in [0.3, 0.4) is 0 Å². The van der Waals surface area contributed by atoms with E-state index in [1.54, 1.807) is 27.8 Å². The molecule has 42 heavy (non-hydrogen) atoms. The van der Waals surface area contributed by atoms with Crippen molar-refractivity contribution in [3.05, 3.63) is 0 Å². The monoisotopic (exact) mass is 600 g/mol. The molecule has 11 nitrogen and oxygen atoms in total. The third kappa shape index (κ3) is 7.60. The molecule has 2 saturated heterocycles. The largest absolute Gasteiger partial charge is 0.459 e. The number of nitrogens with zero attached hydrogens (tertiary/aromatic N) is 2. The number of Topliss-reactive ketones (excluding diaryl/α,β-unsaturated/α-hetero) is 1. The lowest BCUT2D eigenvalue weighted by molar-refractivity contribution is -0.295. The summed E-state index contributed by atoms with van der Waals surface area (Å²) in [7, 11) is 6.92. The Kier molecular flexibility index (Phi) is 12.7. The van der Waals surface area contributed by atoms with Gasteiger partial charge < -0.3 is 39.2 Å². The standard InChI is InChI=1S/C31H56N2O9/c1-13-22-31(8,38)26(36)18(4)23(32-9)16(2)15-30(7,39-12)27(19(5)24(34)20(6)28(37)41-22)42-29-25(35)21(33(10)11)14-17(3)40-29/h16-22,25-27,29,35-36,38H,13-15H2,1-12H3/t16-,17-,18+,19+,20-,21+,22-,25-,26-,27-,29+,30-,31-/m1/s1. The van der Waals surface area contributed by atoms with E-state index in [-0.39, 0.29) is 24.5 Å². The quantitative estimate of drug-likeness (QED) is 0.317. The van der Waals surface area contributed by atoms with Crippen molar-refractivity contribution in [2.75, 3.05) is 28.3 Å². The molecule has 2 rings (SSSR count). The van der Waals surface area contributed by atoms with E-state index in [1.807, 2.05) is 39.8 Å². The molecule has 0 aromatic heterocycles. The number of rotatable bonds is 5. The third-order valence-corrected chi connectivity index (χ3v) is 9.60. The van der Waals surface area contributed by atoms with Gasteiger partial charge in [0.25, 0.3) is 0 Å². The van der Waals surface area contributed by atoms with E-state index in [4.69, 9.17) is 18.9 Å². The SMILES string of the molecule is CC[C@H]1OC(=O)[C@H](C)C(=O)[C@H](C)[C@@H](O[C@@H]2O[C@H](C)C[C@H](N(C)C)[C@H]2O)[C@](C)(OC)C[C@@H](C)C(=NC)[C@H](C)[C@@H](O)[C@]1(C)O. The van der Waals surface area contributed by atoms with Crippen LogP contribution in [0.4, 0.5) is 0 Å². The van der Waals surface area contributed by atoms with Crippen LogP contribution < -0.4 is 0 Å². The molecule has 13 atom stereocenters. The molecule has 2 fully saturated rings. The van der Waals surface area contributed by atoms with Crippen molar-refractivity contribution < 1.29 is 43.9 Å². The van der Waals surface area contributed by atoms with Crippen LogP contribution in [-0.2, 0) is 28.5 Å². The maximum Gasteiger partial charge on any atom is 0.316 e. The van der Waals surface area contributed by atoms with Gasteiger partial charge in [-0.2, -0.15) is 0 Å². The van der Waals surface area contributed by atoms with Gasteiger partial charge in [-0.15, -0.1) is 0 Å². The second-order valence-electron chi connectivity index (χ2n) is 13.1. The Balaban J connectivity index is 2.66. The first-order valence-electron chi connectivity index (χ1n) is 15.2. The number of ketones is 1. The van der Waals surface area contributed by atoms with Crippen LogP contribution in [0.2, 0.25) is 0 Å².